The molecule has 0 spiro atoms. The molecule has 4 aromatic rings. The molecule has 0 aliphatic rings. The van der Waals surface area contributed by atoms with E-state index in [1.807, 2.05) is 6.92 Å². The maximum atomic E-state index is 15.0. The number of pyridine rings is 1. The van der Waals surface area contributed by atoms with Gasteiger partial charge in [-0.05, 0) is 65.6 Å². The lowest BCUT2D eigenvalue weighted by Gasteiger charge is -2.20. The maximum Gasteiger partial charge on any atom is 0.338 e. The zero-order chi connectivity index (χ0) is 25.8. The quantitative estimate of drug-likeness (QED) is 0.159. The molecule has 4 rings (SSSR count). The second-order valence-corrected chi connectivity index (χ2v) is 8.71. The van der Waals surface area contributed by atoms with Gasteiger partial charge in [0.2, 0.25) is 0 Å². The topological polar surface area (TPSA) is 82.8 Å². The smallest absolute Gasteiger partial charge is 0.338 e. The average Bonchev–Trinajstić information content (AvgIpc) is 2.85. The van der Waals surface area contributed by atoms with Crippen molar-refractivity contribution in [3.8, 4) is 11.1 Å². The number of hydrogen-bond donors (Lipinski definition) is 2. The van der Waals surface area contributed by atoms with Gasteiger partial charge in [0.05, 0.1) is 11.3 Å². The summed E-state index contributed by atoms with van der Waals surface area (Å²) in [5.41, 5.74) is 3.62. The molecule has 0 aliphatic heterocycles. The number of aromatic carboxylic acids is 1. The second-order valence-electron chi connectivity index (χ2n) is 8.28. The third kappa shape index (κ3) is 5.42. The van der Waals surface area contributed by atoms with E-state index in [9.17, 15) is 14.4 Å². The molecule has 0 fully saturated rings. The summed E-state index contributed by atoms with van der Waals surface area (Å²) in [4.78, 5) is 15.3. The summed E-state index contributed by atoms with van der Waals surface area (Å²) in [5.74, 6) is -3.19. The van der Waals surface area contributed by atoms with Gasteiger partial charge < -0.3 is 10.3 Å². The second kappa shape index (κ2) is 10.7. The lowest BCUT2D eigenvalue weighted by atomic mass is 9.84. The summed E-state index contributed by atoms with van der Waals surface area (Å²) < 4.78 is 29.2. The summed E-state index contributed by atoms with van der Waals surface area (Å²) in [6.45, 7) is 1.82. The van der Waals surface area contributed by atoms with Crippen LogP contribution in [0.25, 0.3) is 11.1 Å². The van der Waals surface area contributed by atoms with E-state index in [1.54, 1.807) is 54.7 Å². The van der Waals surface area contributed by atoms with Crippen LogP contribution in [0.3, 0.4) is 0 Å². The molecule has 3 aromatic carbocycles. The first-order chi connectivity index (χ1) is 17.3. The summed E-state index contributed by atoms with van der Waals surface area (Å²) in [7, 11) is 0. The van der Waals surface area contributed by atoms with E-state index in [1.165, 1.54) is 18.2 Å². The summed E-state index contributed by atoms with van der Waals surface area (Å²) in [6, 6.07) is 18.9. The predicted octanol–water partition coefficient (Wildman–Crippen LogP) is 7.09. The van der Waals surface area contributed by atoms with Crippen molar-refractivity contribution >= 4 is 23.3 Å². The Morgan fingerprint density at radius 3 is 2.31 bits per heavy atom. The zero-order valence-corrected chi connectivity index (χ0v) is 19.9. The van der Waals surface area contributed by atoms with Crippen LogP contribution in [-0.2, 0) is 0 Å². The van der Waals surface area contributed by atoms with Gasteiger partial charge in [0.15, 0.2) is 0 Å². The van der Waals surface area contributed by atoms with E-state index in [4.69, 9.17) is 16.7 Å². The molecule has 8 heteroatoms. The van der Waals surface area contributed by atoms with Crippen LogP contribution >= 0.6 is 11.6 Å². The number of carboxylic acid groups (broad SMARTS) is 1. The van der Waals surface area contributed by atoms with Gasteiger partial charge in [-0.1, -0.05) is 53.2 Å². The van der Waals surface area contributed by atoms with Crippen LogP contribution in [-0.4, -0.2) is 27.0 Å². The normalized spacial score (nSPS) is 12.4. The number of oxime groups is 1. The molecule has 5 nitrogen and oxygen atoms in total. The molecule has 1 aromatic heterocycles. The number of aryl methyl sites for hydroxylation is 1. The standard InChI is InChI=1S/C28H21ClF2N2O3/c1-16-12-20(10-11-32-16)27(33-36)15-24(22-9-7-21(29)14-26(22)31)18-4-2-17(3-5-18)19-6-8-23(28(34)35)25(30)13-19/h2-14,24,36H,15H2,1H3,(H,34,35). The monoisotopic (exact) mass is 506 g/mol. The highest BCUT2D eigenvalue weighted by molar-refractivity contribution is 6.30. The molecule has 0 aliphatic carbocycles. The number of aromatic nitrogens is 1. The molecule has 0 radical (unpaired) electrons. The fourth-order valence-corrected chi connectivity index (χ4v) is 4.26. The molecular formula is C28H21ClF2N2O3. The number of hydrogen-bond acceptors (Lipinski definition) is 4. The SMILES string of the molecule is Cc1cc(C(CC(c2ccc(-c3ccc(C(=O)O)c(F)c3)cc2)c2ccc(Cl)cc2F)=NO)ccn1. The zero-order valence-electron chi connectivity index (χ0n) is 19.1. The minimum absolute atomic E-state index is 0.180. The van der Waals surface area contributed by atoms with Crippen LogP contribution in [0, 0.1) is 18.6 Å². The maximum absolute atomic E-state index is 15.0. The average molecular weight is 507 g/mol. The number of carbonyl (C=O) groups is 1. The van der Waals surface area contributed by atoms with Crippen LogP contribution < -0.4 is 0 Å². The molecule has 1 heterocycles. The Hall–Kier alpha value is -4.10. The van der Waals surface area contributed by atoms with Crippen molar-refractivity contribution in [2.75, 3.05) is 0 Å². The fraction of sp³-hybridized carbons (Fsp3) is 0.107. The van der Waals surface area contributed by atoms with Crippen molar-refractivity contribution in [3.63, 3.8) is 0 Å². The van der Waals surface area contributed by atoms with Crippen molar-refractivity contribution in [2.45, 2.75) is 19.3 Å². The number of halogens is 3. The first-order valence-corrected chi connectivity index (χ1v) is 11.4. The van der Waals surface area contributed by atoms with Crippen LogP contribution in [0.1, 0.15) is 45.1 Å². The van der Waals surface area contributed by atoms with Gasteiger partial charge >= 0.3 is 5.97 Å². The molecule has 182 valence electrons. The first-order valence-electron chi connectivity index (χ1n) is 11.0. The molecule has 0 amide bonds. The third-order valence-electron chi connectivity index (χ3n) is 5.93. The van der Waals surface area contributed by atoms with E-state index in [0.29, 0.717) is 28.0 Å². The van der Waals surface area contributed by atoms with E-state index < -0.39 is 29.1 Å². The molecule has 36 heavy (non-hydrogen) atoms. The number of benzene rings is 3. The highest BCUT2D eigenvalue weighted by Crippen LogP contribution is 2.34. The van der Waals surface area contributed by atoms with Crippen molar-refractivity contribution in [1.82, 2.24) is 4.98 Å². The Morgan fingerprint density at radius 2 is 1.69 bits per heavy atom. The van der Waals surface area contributed by atoms with Gasteiger partial charge in [0.25, 0.3) is 0 Å². The summed E-state index contributed by atoms with van der Waals surface area (Å²) in [5, 5.41) is 22.6. The van der Waals surface area contributed by atoms with Crippen molar-refractivity contribution < 1.29 is 23.9 Å². The summed E-state index contributed by atoms with van der Waals surface area (Å²) in [6.07, 6.45) is 1.79. The Kier molecular flexibility index (Phi) is 7.41. The molecule has 0 bridgehead atoms. The molecule has 0 saturated heterocycles. The van der Waals surface area contributed by atoms with Gasteiger partial charge in [-0.25, -0.2) is 13.6 Å². The highest BCUT2D eigenvalue weighted by Gasteiger charge is 2.22. The van der Waals surface area contributed by atoms with Gasteiger partial charge in [-0.15, -0.1) is 0 Å². The Labute approximate surface area is 211 Å². The highest BCUT2D eigenvalue weighted by atomic mass is 35.5. The molecule has 0 saturated carbocycles. The lowest BCUT2D eigenvalue weighted by Crippen LogP contribution is -2.12. The molecular weight excluding hydrogens is 486 g/mol. The lowest BCUT2D eigenvalue weighted by molar-refractivity contribution is 0.0692. The number of nitrogens with zero attached hydrogens (tertiary/aromatic N) is 2. The van der Waals surface area contributed by atoms with Gasteiger partial charge in [0, 0.05) is 34.8 Å². The fourth-order valence-electron chi connectivity index (χ4n) is 4.10. The summed E-state index contributed by atoms with van der Waals surface area (Å²) >= 11 is 5.97. The van der Waals surface area contributed by atoms with Crippen LogP contribution in [0.5, 0.6) is 0 Å². The van der Waals surface area contributed by atoms with Gasteiger partial charge in [0.1, 0.15) is 11.6 Å². The van der Waals surface area contributed by atoms with Gasteiger partial charge in [-0.2, -0.15) is 0 Å². The van der Waals surface area contributed by atoms with E-state index >= 15 is 4.39 Å². The molecule has 1 atom stereocenters. The van der Waals surface area contributed by atoms with Crippen LogP contribution in [0.4, 0.5) is 8.78 Å². The van der Waals surface area contributed by atoms with E-state index in [2.05, 4.69) is 10.1 Å². The minimum atomic E-state index is -1.34. The Bertz CT molecular complexity index is 1460. The van der Waals surface area contributed by atoms with Crippen molar-refractivity contribution in [1.29, 1.82) is 0 Å². The Balaban J connectivity index is 1.73. The minimum Gasteiger partial charge on any atom is -0.478 e. The number of rotatable bonds is 7. The number of carboxylic acids is 1. The molecule has 2 N–H and O–H groups in total. The van der Waals surface area contributed by atoms with E-state index in [-0.39, 0.29) is 11.4 Å². The largest absolute Gasteiger partial charge is 0.478 e. The van der Waals surface area contributed by atoms with Crippen molar-refractivity contribution in [3.05, 3.63) is 124 Å². The molecule has 1 unspecified atom stereocenters. The van der Waals surface area contributed by atoms with Crippen molar-refractivity contribution in [2.24, 2.45) is 5.16 Å². The van der Waals surface area contributed by atoms with Crippen LogP contribution in [0.2, 0.25) is 5.02 Å². The Morgan fingerprint density at radius 1 is 0.972 bits per heavy atom. The van der Waals surface area contributed by atoms with E-state index in [0.717, 1.165) is 17.3 Å². The van der Waals surface area contributed by atoms with Gasteiger partial charge in [-0.3, -0.25) is 4.98 Å². The third-order valence-corrected chi connectivity index (χ3v) is 6.17. The first kappa shape index (κ1) is 25.0. The predicted molar refractivity (Wildman–Crippen MR) is 134 cm³/mol. The van der Waals surface area contributed by atoms with Crippen LogP contribution in [0.15, 0.2) is 84.1 Å².